The van der Waals surface area contributed by atoms with Gasteiger partial charge in [0.1, 0.15) is 0 Å². The summed E-state index contributed by atoms with van der Waals surface area (Å²) in [4.78, 5) is 27.9. The van der Waals surface area contributed by atoms with Gasteiger partial charge < -0.3 is 5.11 Å². The predicted octanol–water partition coefficient (Wildman–Crippen LogP) is 0.697. The Morgan fingerprint density at radius 1 is 1.05 bits per heavy atom. The maximum Gasteiger partial charge on any atom is 0.261 e. The highest BCUT2D eigenvalue weighted by Gasteiger charge is 2.40. The van der Waals surface area contributed by atoms with Crippen LogP contribution in [-0.4, -0.2) is 52.6 Å². The molecule has 2 aliphatic rings. The number of rotatable bonds is 2. The summed E-state index contributed by atoms with van der Waals surface area (Å²) in [5.41, 5.74) is 1.02. The summed E-state index contributed by atoms with van der Waals surface area (Å²) in [5, 5.41) is 9.07. The molecule has 2 aliphatic heterocycles. The van der Waals surface area contributed by atoms with E-state index in [4.69, 9.17) is 5.11 Å². The first-order valence-corrected chi connectivity index (χ1v) is 6.52. The van der Waals surface area contributed by atoms with Gasteiger partial charge in [-0.3, -0.25) is 19.4 Å². The fraction of sp³-hybridized carbons (Fsp3) is 0.429. The van der Waals surface area contributed by atoms with Gasteiger partial charge in [-0.25, -0.2) is 0 Å². The van der Waals surface area contributed by atoms with Crippen LogP contribution in [-0.2, 0) is 0 Å². The van der Waals surface area contributed by atoms with Gasteiger partial charge in [-0.1, -0.05) is 12.1 Å². The highest BCUT2D eigenvalue weighted by Crippen LogP contribution is 2.28. The molecule has 2 amide bonds. The lowest BCUT2D eigenvalue weighted by Gasteiger charge is -2.34. The Bertz CT molecular complexity index is 486. The SMILES string of the molecule is O=C1c2ccccc2C(=O)N1C1CCN(CO)CC1. The van der Waals surface area contributed by atoms with Crippen LogP contribution in [0.25, 0.3) is 0 Å². The third kappa shape index (κ3) is 1.95. The third-order valence-corrected chi connectivity index (χ3v) is 3.95. The number of hydrogen-bond donors (Lipinski definition) is 1. The number of hydrogen-bond acceptors (Lipinski definition) is 4. The van der Waals surface area contributed by atoms with Crippen molar-refractivity contribution in [2.75, 3.05) is 19.8 Å². The molecule has 0 unspecified atom stereocenters. The Balaban J connectivity index is 1.81. The van der Waals surface area contributed by atoms with Gasteiger partial charge >= 0.3 is 0 Å². The van der Waals surface area contributed by atoms with Crippen LogP contribution in [0.15, 0.2) is 24.3 Å². The fourth-order valence-electron chi connectivity index (χ4n) is 2.86. The monoisotopic (exact) mass is 260 g/mol. The quantitative estimate of drug-likeness (QED) is 0.795. The highest BCUT2D eigenvalue weighted by atomic mass is 16.3. The van der Waals surface area contributed by atoms with E-state index < -0.39 is 0 Å². The zero-order valence-electron chi connectivity index (χ0n) is 10.6. The molecule has 1 fully saturated rings. The van der Waals surface area contributed by atoms with Crippen molar-refractivity contribution >= 4 is 11.8 Å². The second-order valence-corrected chi connectivity index (χ2v) is 5.02. The molecule has 2 heterocycles. The van der Waals surface area contributed by atoms with Gasteiger partial charge in [0.05, 0.1) is 17.9 Å². The van der Waals surface area contributed by atoms with Crippen molar-refractivity contribution in [3.8, 4) is 0 Å². The molecule has 0 aliphatic carbocycles. The summed E-state index contributed by atoms with van der Waals surface area (Å²) >= 11 is 0. The van der Waals surface area contributed by atoms with Crippen molar-refractivity contribution in [2.45, 2.75) is 18.9 Å². The molecule has 0 atom stereocenters. The summed E-state index contributed by atoms with van der Waals surface area (Å²) in [5.74, 6) is -0.355. The van der Waals surface area contributed by atoms with E-state index in [9.17, 15) is 9.59 Å². The van der Waals surface area contributed by atoms with Gasteiger partial charge in [-0.15, -0.1) is 0 Å². The van der Waals surface area contributed by atoms with Crippen molar-refractivity contribution in [3.05, 3.63) is 35.4 Å². The average Bonchev–Trinajstić information content (AvgIpc) is 2.72. The summed E-state index contributed by atoms with van der Waals surface area (Å²) < 4.78 is 0. The number of likely N-dealkylation sites (tertiary alicyclic amines) is 1. The lowest BCUT2D eigenvalue weighted by Crippen LogP contribution is -2.47. The molecule has 1 aromatic carbocycles. The van der Waals surface area contributed by atoms with Gasteiger partial charge in [0, 0.05) is 19.1 Å². The van der Waals surface area contributed by atoms with Crippen LogP contribution in [0.1, 0.15) is 33.6 Å². The smallest absolute Gasteiger partial charge is 0.261 e. The van der Waals surface area contributed by atoms with Gasteiger partial charge in [0.2, 0.25) is 0 Å². The van der Waals surface area contributed by atoms with Gasteiger partial charge in [-0.2, -0.15) is 0 Å². The lowest BCUT2D eigenvalue weighted by molar-refractivity contribution is 0.0387. The number of imide groups is 1. The van der Waals surface area contributed by atoms with Crippen molar-refractivity contribution in [1.82, 2.24) is 9.80 Å². The first-order valence-electron chi connectivity index (χ1n) is 6.52. The van der Waals surface area contributed by atoms with Crippen LogP contribution >= 0.6 is 0 Å². The van der Waals surface area contributed by atoms with E-state index in [1.807, 2.05) is 4.90 Å². The second kappa shape index (κ2) is 4.75. The molecular formula is C14H16N2O3. The molecule has 5 heteroatoms. The molecule has 100 valence electrons. The molecule has 0 radical (unpaired) electrons. The zero-order chi connectivity index (χ0) is 13.4. The number of carbonyl (C=O) groups is 2. The standard InChI is InChI=1S/C14H16N2O3/c17-9-15-7-5-10(6-8-15)16-13(18)11-3-1-2-4-12(11)14(16)19/h1-4,10,17H,5-9H2. The van der Waals surface area contributed by atoms with E-state index >= 15 is 0 Å². The highest BCUT2D eigenvalue weighted by molar-refractivity contribution is 6.21. The van der Waals surface area contributed by atoms with E-state index in [1.54, 1.807) is 24.3 Å². The van der Waals surface area contributed by atoms with Crippen molar-refractivity contribution in [1.29, 1.82) is 0 Å². The van der Waals surface area contributed by atoms with Crippen LogP contribution in [0, 0.1) is 0 Å². The Morgan fingerprint density at radius 2 is 1.58 bits per heavy atom. The fourth-order valence-corrected chi connectivity index (χ4v) is 2.86. The van der Waals surface area contributed by atoms with Crippen LogP contribution in [0.3, 0.4) is 0 Å². The number of benzene rings is 1. The predicted molar refractivity (Wildman–Crippen MR) is 68.6 cm³/mol. The number of amides is 2. The van der Waals surface area contributed by atoms with E-state index in [1.165, 1.54) is 4.90 Å². The first-order chi connectivity index (χ1) is 9.22. The third-order valence-electron chi connectivity index (χ3n) is 3.95. The maximum atomic E-state index is 12.3. The topological polar surface area (TPSA) is 60.9 Å². The number of carbonyl (C=O) groups excluding carboxylic acids is 2. The Kier molecular flexibility index (Phi) is 3.08. The van der Waals surface area contributed by atoms with Crippen LogP contribution in [0.4, 0.5) is 0 Å². The summed E-state index contributed by atoms with van der Waals surface area (Å²) in [7, 11) is 0. The summed E-state index contributed by atoms with van der Waals surface area (Å²) in [6.45, 7) is 1.47. The molecule has 0 bridgehead atoms. The van der Waals surface area contributed by atoms with E-state index in [0.29, 0.717) is 24.2 Å². The molecule has 0 saturated carbocycles. The number of fused-ring (bicyclic) bond motifs is 1. The minimum atomic E-state index is -0.178. The molecule has 1 aromatic rings. The number of aliphatic hydroxyl groups is 1. The lowest BCUT2D eigenvalue weighted by atomic mass is 10.0. The van der Waals surface area contributed by atoms with Crippen LogP contribution < -0.4 is 0 Å². The minimum absolute atomic E-state index is 0.0365. The Morgan fingerprint density at radius 3 is 2.05 bits per heavy atom. The minimum Gasteiger partial charge on any atom is -0.381 e. The number of aliphatic hydroxyl groups excluding tert-OH is 1. The van der Waals surface area contributed by atoms with Gasteiger partial charge in [0.15, 0.2) is 0 Å². The number of piperidine rings is 1. The first kappa shape index (κ1) is 12.3. The van der Waals surface area contributed by atoms with Crippen molar-refractivity contribution in [3.63, 3.8) is 0 Å². The number of nitrogens with zero attached hydrogens (tertiary/aromatic N) is 2. The summed E-state index contributed by atoms with van der Waals surface area (Å²) in [6.07, 6.45) is 1.46. The van der Waals surface area contributed by atoms with E-state index in [2.05, 4.69) is 0 Å². The van der Waals surface area contributed by atoms with Gasteiger partial charge in [-0.05, 0) is 25.0 Å². The molecule has 3 rings (SSSR count). The molecular weight excluding hydrogens is 244 g/mol. The molecule has 19 heavy (non-hydrogen) atoms. The van der Waals surface area contributed by atoms with E-state index in [-0.39, 0.29) is 24.6 Å². The zero-order valence-corrected chi connectivity index (χ0v) is 10.6. The molecule has 1 saturated heterocycles. The maximum absolute atomic E-state index is 12.3. The largest absolute Gasteiger partial charge is 0.381 e. The van der Waals surface area contributed by atoms with Crippen molar-refractivity contribution in [2.24, 2.45) is 0 Å². The molecule has 0 aromatic heterocycles. The van der Waals surface area contributed by atoms with Crippen LogP contribution in [0.5, 0.6) is 0 Å². The van der Waals surface area contributed by atoms with E-state index in [0.717, 1.165) is 12.8 Å². The molecule has 1 N–H and O–H groups in total. The van der Waals surface area contributed by atoms with Crippen molar-refractivity contribution < 1.29 is 14.7 Å². The Labute approximate surface area is 111 Å². The Hall–Kier alpha value is -1.72. The van der Waals surface area contributed by atoms with Gasteiger partial charge in [0.25, 0.3) is 11.8 Å². The summed E-state index contributed by atoms with van der Waals surface area (Å²) in [6, 6.07) is 6.93. The average molecular weight is 260 g/mol. The van der Waals surface area contributed by atoms with Crippen LogP contribution in [0.2, 0.25) is 0 Å². The second-order valence-electron chi connectivity index (χ2n) is 5.02. The molecule has 0 spiro atoms. The normalized spacial score (nSPS) is 21.0. The molecule has 5 nitrogen and oxygen atoms in total.